The molecule has 0 aliphatic rings. The molecule has 0 bridgehead atoms. The molecule has 0 spiro atoms. The average molecular weight is 350 g/mol. The first kappa shape index (κ1) is 16.4. The van der Waals surface area contributed by atoms with Gasteiger partial charge in [-0.1, -0.05) is 11.6 Å². The molecule has 8 heteroatoms. The summed E-state index contributed by atoms with van der Waals surface area (Å²) in [4.78, 5) is 0.744. The fourth-order valence-corrected chi connectivity index (χ4v) is 4.18. The third kappa shape index (κ3) is 3.61. The Morgan fingerprint density at radius 3 is 2.62 bits per heavy atom. The first-order valence-electron chi connectivity index (χ1n) is 5.94. The van der Waals surface area contributed by atoms with Crippen LogP contribution in [0.15, 0.2) is 35.2 Å². The lowest BCUT2D eigenvalue weighted by molar-refractivity contribution is 0.275. The number of rotatable bonds is 5. The van der Waals surface area contributed by atoms with Crippen molar-refractivity contribution < 1.29 is 17.9 Å². The maximum absolute atomic E-state index is 13.3. The van der Waals surface area contributed by atoms with Crippen molar-refractivity contribution in [2.75, 3.05) is 7.05 Å². The first-order valence-corrected chi connectivity index (χ1v) is 8.58. The molecular weight excluding hydrogens is 337 g/mol. The number of benzene rings is 1. The minimum atomic E-state index is -3.76. The van der Waals surface area contributed by atoms with Gasteiger partial charge >= 0.3 is 0 Å². The summed E-state index contributed by atoms with van der Waals surface area (Å²) >= 11 is 7.11. The molecule has 0 amide bonds. The van der Waals surface area contributed by atoms with E-state index in [2.05, 4.69) is 0 Å². The summed E-state index contributed by atoms with van der Waals surface area (Å²) in [6.45, 7) is -0.384. The van der Waals surface area contributed by atoms with Crippen molar-refractivity contribution in [2.45, 2.75) is 18.0 Å². The quantitative estimate of drug-likeness (QED) is 0.903. The van der Waals surface area contributed by atoms with Gasteiger partial charge in [0.25, 0.3) is 0 Å². The zero-order chi connectivity index (χ0) is 15.6. The minimum absolute atomic E-state index is 0.0522. The lowest BCUT2D eigenvalue weighted by atomic mass is 10.2. The zero-order valence-electron chi connectivity index (χ0n) is 11.1. The fourth-order valence-electron chi connectivity index (χ4n) is 1.75. The Kier molecular flexibility index (Phi) is 5.00. The predicted molar refractivity (Wildman–Crippen MR) is 80.3 cm³/mol. The Hall–Kier alpha value is -0.990. The lowest BCUT2D eigenvalue weighted by Gasteiger charge is -2.17. The van der Waals surface area contributed by atoms with E-state index >= 15 is 0 Å². The Balaban J connectivity index is 2.28. The molecule has 1 N–H and O–H groups in total. The van der Waals surface area contributed by atoms with Crippen LogP contribution in [0.4, 0.5) is 4.39 Å². The third-order valence-corrected chi connectivity index (χ3v) is 5.92. The highest BCUT2D eigenvalue weighted by Gasteiger charge is 2.22. The van der Waals surface area contributed by atoms with Crippen LogP contribution in [0.25, 0.3) is 0 Å². The van der Waals surface area contributed by atoms with Gasteiger partial charge < -0.3 is 5.11 Å². The van der Waals surface area contributed by atoms with Crippen LogP contribution >= 0.6 is 22.9 Å². The van der Waals surface area contributed by atoms with Crippen LogP contribution in [0.5, 0.6) is 0 Å². The smallest absolute Gasteiger partial charge is 0.243 e. The second-order valence-corrected chi connectivity index (χ2v) is 8.22. The van der Waals surface area contributed by atoms with Gasteiger partial charge in [-0.05, 0) is 30.3 Å². The van der Waals surface area contributed by atoms with Crippen LogP contribution in [0.2, 0.25) is 4.34 Å². The molecule has 2 rings (SSSR count). The second-order valence-electron chi connectivity index (χ2n) is 4.38. The summed E-state index contributed by atoms with van der Waals surface area (Å²) in [6, 6.07) is 6.81. The van der Waals surface area contributed by atoms with Crippen molar-refractivity contribution in [3.05, 3.63) is 50.9 Å². The molecule has 4 nitrogen and oxygen atoms in total. The zero-order valence-corrected chi connectivity index (χ0v) is 13.5. The molecule has 0 atom stereocenters. The number of aliphatic hydroxyl groups excluding tert-OH is 1. The van der Waals surface area contributed by atoms with E-state index in [9.17, 15) is 12.8 Å². The molecule has 0 fully saturated rings. The van der Waals surface area contributed by atoms with E-state index in [1.54, 1.807) is 12.1 Å². The molecular formula is C13H13ClFNO3S2. The highest BCUT2D eigenvalue weighted by molar-refractivity contribution is 7.89. The van der Waals surface area contributed by atoms with Crippen LogP contribution in [-0.2, 0) is 23.2 Å². The summed E-state index contributed by atoms with van der Waals surface area (Å²) in [6.07, 6.45) is 0. The molecule has 0 aliphatic carbocycles. The van der Waals surface area contributed by atoms with Crippen molar-refractivity contribution in [1.82, 2.24) is 4.31 Å². The van der Waals surface area contributed by atoms with Gasteiger partial charge in [-0.3, -0.25) is 0 Å². The van der Waals surface area contributed by atoms with Crippen molar-refractivity contribution in [2.24, 2.45) is 0 Å². The van der Waals surface area contributed by atoms with Gasteiger partial charge in [0.1, 0.15) is 5.82 Å². The summed E-state index contributed by atoms with van der Waals surface area (Å²) < 4.78 is 39.9. The number of hydrogen-bond donors (Lipinski definition) is 1. The Labute approximate surface area is 131 Å². The van der Waals surface area contributed by atoms with Gasteiger partial charge in [-0.2, -0.15) is 4.31 Å². The Morgan fingerprint density at radius 2 is 2.05 bits per heavy atom. The fraction of sp³-hybridized carbons (Fsp3) is 0.231. The molecule has 1 heterocycles. The third-order valence-electron chi connectivity index (χ3n) is 2.90. The standard InChI is InChI=1S/C13H13ClFNO3S2/c1-16(7-10-2-5-13(14)20-10)21(18,19)11-3-4-12(15)9(6-11)8-17/h2-6,17H,7-8H2,1H3. The molecule has 21 heavy (non-hydrogen) atoms. The molecule has 2 aromatic rings. The number of hydrogen-bond acceptors (Lipinski definition) is 4. The van der Waals surface area contributed by atoms with Gasteiger partial charge in [0.05, 0.1) is 15.8 Å². The summed E-state index contributed by atoms with van der Waals surface area (Å²) in [5.74, 6) is -0.635. The van der Waals surface area contributed by atoms with Crippen LogP contribution < -0.4 is 0 Å². The van der Waals surface area contributed by atoms with Crippen molar-refractivity contribution >= 4 is 33.0 Å². The van der Waals surface area contributed by atoms with Gasteiger partial charge in [-0.15, -0.1) is 11.3 Å². The molecule has 1 aromatic carbocycles. The van der Waals surface area contributed by atoms with Crippen molar-refractivity contribution in [3.63, 3.8) is 0 Å². The van der Waals surface area contributed by atoms with Gasteiger partial charge in [0.2, 0.25) is 10.0 Å². The summed E-state index contributed by atoms with van der Waals surface area (Å²) in [5.41, 5.74) is -0.0522. The Morgan fingerprint density at radius 1 is 1.33 bits per heavy atom. The highest BCUT2D eigenvalue weighted by atomic mass is 35.5. The number of sulfonamides is 1. The predicted octanol–water partition coefficient (Wildman–Crippen LogP) is 2.85. The Bertz CT molecular complexity index is 746. The van der Waals surface area contributed by atoms with E-state index in [-0.39, 0.29) is 17.0 Å². The monoisotopic (exact) mass is 349 g/mol. The highest BCUT2D eigenvalue weighted by Crippen LogP contribution is 2.25. The average Bonchev–Trinajstić information content (AvgIpc) is 2.84. The van der Waals surface area contributed by atoms with Crippen LogP contribution in [-0.4, -0.2) is 24.9 Å². The summed E-state index contributed by atoms with van der Waals surface area (Å²) in [5, 5.41) is 9.02. The normalized spacial score (nSPS) is 12.0. The van der Waals surface area contributed by atoms with Crippen molar-refractivity contribution in [3.8, 4) is 0 Å². The number of aliphatic hydroxyl groups is 1. The van der Waals surface area contributed by atoms with E-state index in [1.807, 2.05) is 0 Å². The largest absolute Gasteiger partial charge is 0.392 e. The van der Waals surface area contributed by atoms with Crippen LogP contribution in [0.1, 0.15) is 10.4 Å². The van der Waals surface area contributed by atoms with Crippen molar-refractivity contribution in [1.29, 1.82) is 0 Å². The van der Waals surface area contributed by atoms with E-state index in [1.165, 1.54) is 24.5 Å². The van der Waals surface area contributed by atoms with Gasteiger partial charge in [0, 0.05) is 24.0 Å². The van der Waals surface area contributed by atoms with E-state index < -0.39 is 22.4 Å². The van der Waals surface area contributed by atoms with Gasteiger partial charge in [-0.25, -0.2) is 12.8 Å². The lowest BCUT2D eigenvalue weighted by Crippen LogP contribution is -2.26. The molecule has 114 valence electrons. The number of nitrogens with zero attached hydrogens (tertiary/aromatic N) is 1. The van der Waals surface area contributed by atoms with E-state index in [4.69, 9.17) is 16.7 Å². The van der Waals surface area contributed by atoms with E-state index in [0.717, 1.165) is 21.3 Å². The molecule has 0 aliphatic heterocycles. The van der Waals surface area contributed by atoms with Gasteiger partial charge in [0.15, 0.2) is 0 Å². The molecule has 0 saturated heterocycles. The minimum Gasteiger partial charge on any atom is -0.392 e. The SMILES string of the molecule is CN(Cc1ccc(Cl)s1)S(=O)(=O)c1ccc(F)c(CO)c1. The number of halogens is 2. The maximum Gasteiger partial charge on any atom is 0.243 e. The topological polar surface area (TPSA) is 57.6 Å². The molecule has 1 aromatic heterocycles. The first-order chi connectivity index (χ1) is 9.84. The van der Waals surface area contributed by atoms with Crippen LogP contribution in [0.3, 0.4) is 0 Å². The summed E-state index contributed by atoms with van der Waals surface area (Å²) in [7, 11) is -2.32. The molecule has 0 saturated carbocycles. The second kappa shape index (κ2) is 6.41. The maximum atomic E-state index is 13.3. The number of thiophene rings is 1. The van der Waals surface area contributed by atoms with E-state index in [0.29, 0.717) is 4.34 Å². The molecule has 0 unspecified atom stereocenters. The van der Waals surface area contributed by atoms with Crippen LogP contribution in [0, 0.1) is 5.82 Å². The molecule has 0 radical (unpaired) electrons.